The summed E-state index contributed by atoms with van der Waals surface area (Å²) in [5.74, 6) is -2.04. The third kappa shape index (κ3) is 5.51. The molecule has 1 amide bonds. The summed E-state index contributed by atoms with van der Waals surface area (Å²) in [6.07, 6.45) is -9.62. The highest BCUT2D eigenvalue weighted by atomic mass is 32.1. The van der Waals surface area contributed by atoms with E-state index in [1.165, 1.54) is 4.90 Å². The van der Waals surface area contributed by atoms with E-state index in [-0.39, 0.29) is 42.2 Å². The number of alkyl halides is 6. The summed E-state index contributed by atoms with van der Waals surface area (Å²) in [6.45, 7) is 5.08. The lowest BCUT2D eigenvalue weighted by atomic mass is 9.92. The number of benzene rings is 1. The van der Waals surface area contributed by atoms with E-state index in [1.807, 2.05) is 5.32 Å². The van der Waals surface area contributed by atoms with Crippen LogP contribution in [0.25, 0.3) is 0 Å². The van der Waals surface area contributed by atoms with Crippen molar-refractivity contribution in [1.82, 2.24) is 4.98 Å². The molecule has 1 N–H and O–H groups in total. The molecule has 0 atom stereocenters. The molecule has 12 heteroatoms. The molecule has 3 rings (SSSR count). The molecule has 0 radical (unpaired) electrons. The van der Waals surface area contributed by atoms with Gasteiger partial charge >= 0.3 is 12.4 Å². The maximum atomic E-state index is 14.7. The molecule has 1 aliphatic rings. The predicted molar refractivity (Wildman–Crippen MR) is 106 cm³/mol. The van der Waals surface area contributed by atoms with Crippen molar-refractivity contribution in [2.45, 2.75) is 52.5 Å². The molecule has 0 unspecified atom stereocenters. The van der Waals surface area contributed by atoms with Crippen molar-refractivity contribution in [2.75, 3.05) is 16.8 Å². The van der Waals surface area contributed by atoms with Gasteiger partial charge in [-0.25, -0.2) is 9.37 Å². The van der Waals surface area contributed by atoms with Crippen molar-refractivity contribution in [3.05, 3.63) is 39.1 Å². The fourth-order valence-electron chi connectivity index (χ4n) is 3.33. The van der Waals surface area contributed by atoms with E-state index in [1.54, 1.807) is 20.8 Å². The number of thiazole rings is 1. The molecule has 0 spiro atoms. The second-order valence-electron chi connectivity index (χ2n) is 8.69. The maximum Gasteiger partial charge on any atom is 0.443 e. The van der Waals surface area contributed by atoms with Gasteiger partial charge in [-0.2, -0.15) is 26.3 Å². The van der Waals surface area contributed by atoms with E-state index in [4.69, 9.17) is 0 Å². The largest absolute Gasteiger partial charge is 0.443 e. The van der Waals surface area contributed by atoms with Crippen LogP contribution in [0.4, 0.5) is 42.1 Å². The van der Waals surface area contributed by atoms with Crippen LogP contribution in [0.5, 0.6) is 0 Å². The number of amides is 1. The molecular formula is C20H20F7N3OS. The Balaban J connectivity index is 1.93. The number of aromatic nitrogens is 1. The van der Waals surface area contributed by atoms with Crippen molar-refractivity contribution in [3.63, 3.8) is 0 Å². The molecule has 2 aromatic rings. The lowest BCUT2D eigenvalue weighted by Gasteiger charge is -2.29. The first kappa shape index (κ1) is 24.3. The first-order chi connectivity index (χ1) is 14.5. The Bertz CT molecular complexity index is 1020. The molecule has 0 saturated carbocycles. The van der Waals surface area contributed by atoms with Crippen LogP contribution in [0.2, 0.25) is 0 Å². The molecular weight excluding hydrogens is 463 g/mol. The van der Waals surface area contributed by atoms with Crippen molar-refractivity contribution in [1.29, 1.82) is 0 Å². The molecule has 1 aromatic heterocycles. The van der Waals surface area contributed by atoms with Crippen molar-refractivity contribution < 1.29 is 35.5 Å². The molecule has 176 valence electrons. The molecule has 32 heavy (non-hydrogen) atoms. The second-order valence-corrected chi connectivity index (χ2v) is 9.78. The number of nitrogens with one attached hydrogen (secondary N) is 1. The third-order valence-corrected chi connectivity index (χ3v) is 5.80. The molecule has 0 aliphatic carbocycles. The van der Waals surface area contributed by atoms with Crippen molar-refractivity contribution >= 4 is 28.6 Å². The number of carbonyl (C=O) groups excluding carboxylic acids is 1. The summed E-state index contributed by atoms with van der Waals surface area (Å²) in [5, 5.41) is 0.998. The Morgan fingerprint density at radius 1 is 1.12 bits per heavy atom. The Hall–Kier alpha value is -2.37. The third-order valence-electron chi connectivity index (χ3n) is 4.67. The van der Waals surface area contributed by atoms with E-state index in [0.717, 1.165) is 6.07 Å². The van der Waals surface area contributed by atoms with Gasteiger partial charge in [0.05, 0.1) is 23.5 Å². The molecule has 2 heterocycles. The Kier molecular flexibility index (Phi) is 6.22. The molecule has 0 bridgehead atoms. The zero-order chi connectivity index (χ0) is 24.1. The Morgan fingerprint density at radius 3 is 2.34 bits per heavy atom. The van der Waals surface area contributed by atoms with Gasteiger partial charge in [0.1, 0.15) is 5.82 Å². The zero-order valence-corrected chi connectivity index (χ0v) is 18.2. The van der Waals surface area contributed by atoms with Crippen LogP contribution in [0, 0.1) is 11.2 Å². The van der Waals surface area contributed by atoms with Gasteiger partial charge < -0.3 is 10.2 Å². The smallest absolute Gasteiger partial charge is 0.366 e. The summed E-state index contributed by atoms with van der Waals surface area (Å²) in [4.78, 5) is 17.3. The second kappa shape index (κ2) is 8.20. The SMILES string of the molecule is CC(C)(C)CC(=O)Nc1c(F)cc(N2CCc3nc(C(F)(F)F)sc3C2)cc1C(F)(F)F. The summed E-state index contributed by atoms with van der Waals surface area (Å²) < 4.78 is 94.5. The summed E-state index contributed by atoms with van der Waals surface area (Å²) >= 11 is 0.421. The summed E-state index contributed by atoms with van der Waals surface area (Å²) in [5.41, 5.74) is -2.75. The first-order valence-electron chi connectivity index (χ1n) is 9.56. The summed E-state index contributed by atoms with van der Waals surface area (Å²) in [7, 11) is 0. The minimum atomic E-state index is -4.96. The number of hydrogen-bond acceptors (Lipinski definition) is 4. The fourth-order valence-corrected chi connectivity index (χ4v) is 4.32. The standard InChI is InChI=1S/C20H20F7N3OS/c1-18(2,3)8-15(31)29-16-11(19(22,23)24)6-10(7-12(16)21)30-5-4-13-14(9-30)32-17(28-13)20(25,26)27/h6-7H,4-5,8-9H2,1-3H3,(H,29,31). The van der Waals surface area contributed by atoms with Crippen molar-refractivity contribution in [2.24, 2.45) is 5.41 Å². The van der Waals surface area contributed by atoms with Crippen molar-refractivity contribution in [3.8, 4) is 0 Å². The number of fused-ring (bicyclic) bond motifs is 1. The van der Waals surface area contributed by atoms with E-state index in [9.17, 15) is 35.5 Å². The van der Waals surface area contributed by atoms with Crippen LogP contribution in [-0.2, 0) is 30.1 Å². The Morgan fingerprint density at radius 2 is 1.78 bits per heavy atom. The van der Waals surface area contributed by atoms with Gasteiger partial charge in [-0.3, -0.25) is 4.79 Å². The number of hydrogen-bond donors (Lipinski definition) is 1. The van der Waals surface area contributed by atoms with Crippen LogP contribution in [0.3, 0.4) is 0 Å². The van der Waals surface area contributed by atoms with Crippen LogP contribution < -0.4 is 10.2 Å². The normalized spacial score (nSPS) is 15.0. The van der Waals surface area contributed by atoms with Gasteiger partial charge in [-0.05, 0) is 17.5 Å². The highest BCUT2D eigenvalue weighted by Gasteiger charge is 2.39. The van der Waals surface area contributed by atoms with Gasteiger partial charge in [-0.15, -0.1) is 11.3 Å². The number of anilines is 2. The van der Waals surface area contributed by atoms with Gasteiger partial charge in [-0.1, -0.05) is 20.8 Å². The lowest BCUT2D eigenvalue weighted by Crippen LogP contribution is -2.30. The first-order valence-corrected chi connectivity index (χ1v) is 10.4. The number of nitrogens with zero attached hydrogens (tertiary/aromatic N) is 2. The molecule has 1 aliphatic heterocycles. The van der Waals surface area contributed by atoms with Crippen LogP contribution in [0.1, 0.15) is 48.3 Å². The van der Waals surface area contributed by atoms with Crippen LogP contribution in [-0.4, -0.2) is 17.4 Å². The number of halogens is 7. The number of carbonyl (C=O) groups is 1. The van der Waals surface area contributed by atoms with E-state index in [0.29, 0.717) is 17.4 Å². The topological polar surface area (TPSA) is 45.2 Å². The highest BCUT2D eigenvalue weighted by Crippen LogP contribution is 2.41. The predicted octanol–water partition coefficient (Wildman–Crippen LogP) is 6.26. The molecule has 4 nitrogen and oxygen atoms in total. The average Bonchev–Trinajstić information content (AvgIpc) is 3.04. The van der Waals surface area contributed by atoms with Gasteiger partial charge in [0, 0.05) is 30.0 Å². The zero-order valence-electron chi connectivity index (χ0n) is 17.3. The number of rotatable bonds is 3. The highest BCUT2D eigenvalue weighted by molar-refractivity contribution is 7.11. The summed E-state index contributed by atoms with van der Waals surface area (Å²) in [6, 6.07) is 1.55. The van der Waals surface area contributed by atoms with Gasteiger partial charge in [0.15, 0.2) is 5.01 Å². The fraction of sp³-hybridized carbons (Fsp3) is 0.500. The quantitative estimate of drug-likeness (QED) is 0.525. The lowest BCUT2D eigenvalue weighted by molar-refractivity contribution is -0.138. The van der Waals surface area contributed by atoms with E-state index >= 15 is 0 Å². The van der Waals surface area contributed by atoms with Gasteiger partial charge in [0.2, 0.25) is 5.91 Å². The molecule has 1 aromatic carbocycles. The van der Waals surface area contributed by atoms with Gasteiger partial charge in [0.25, 0.3) is 0 Å². The minimum Gasteiger partial charge on any atom is -0.366 e. The van der Waals surface area contributed by atoms with E-state index < -0.39 is 45.8 Å². The van der Waals surface area contributed by atoms with Crippen LogP contribution >= 0.6 is 11.3 Å². The Labute approximate surface area is 183 Å². The molecule has 0 saturated heterocycles. The maximum absolute atomic E-state index is 14.7. The van der Waals surface area contributed by atoms with E-state index in [2.05, 4.69) is 4.98 Å². The average molecular weight is 483 g/mol. The van der Waals surface area contributed by atoms with Crippen LogP contribution in [0.15, 0.2) is 12.1 Å². The molecule has 0 fully saturated rings. The monoisotopic (exact) mass is 483 g/mol. The minimum absolute atomic E-state index is 0.0699.